The first kappa shape index (κ1) is 18.3. The van der Waals surface area contributed by atoms with Gasteiger partial charge in [-0.05, 0) is 37.6 Å². The van der Waals surface area contributed by atoms with Crippen LogP contribution < -0.4 is 15.4 Å². The first-order valence-corrected chi connectivity index (χ1v) is 7.67. The van der Waals surface area contributed by atoms with E-state index in [-0.39, 0.29) is 17.7 Å². The Morgan fingerprint density at radius 2 is 1.73 bits per heavy atom. The fourth-order valence-corrected chi connectivity index (χ4v) is 1.93. The van der Waals surface area contributed by atoms with Crippen molar-refractivity contribution in [3.8, 4) is 5.75 Å². The molecule has 0 radical (unpaired) electrons. The molecule has 0 aliphatic heterocycles. The van der Waals surface area contributed by atoms with Gasteiger partial charge in [0.05, 0.1) is 0 Å². The van der Waals surface area contributed by atoms with E-state index in [1.165, 1.54) is 0 Å². The van der Waals surface area contributed by atoms with E-state index < -0.39 is 6.10 Å². The first-order valence-electron chi connectivity index (χ1n) is 7.29. The van der Waals surface area contributed by atoms with Crippen LogP contribution in [0.2, 0.25) is 5.02 Å². The van der Waals surface area contributed by atoms with Crippen LogP contribution in [0.1, 0.15) is 26.3 Å². The van der Waals surface area contributed by atoms with Crippen molar-refractivity contribution in [3.63, 3.8) is 0 Å². The summed E-state index contributed by atoms with van der Waals surface area (Å²) in [6.07, 6.45) is -0.624. The molecule has 1 rings (SSSR count). The van der Waals surface area contributed by atoms with Crippen LogP contribution in [0.25, 0.3) is 0 Å². The molecule has 122 valence electrons. The van der Waals surface area contributed by atoms with Gasteiger partial charge in [0.1, 0.15) is 5.75 Å². The summed E-state index contributed by atoms with van der Waals surface area (Å²) in [5.41, 5.74) is 0.872. The second kappa shape index (κ2) is 8.63. The van der Waals surface area contributed by atoms with Gasteiger partial charge >= 0.3 is 0 Å². The number of hydrogen-bond acceptors (Lipinski definition) is 3. The largest absolute Gasteiger partial charge is 0.481 e. The molecular formula is C16H23ClN2O3. The molecule has 1 aromatic carbocycles. The fourth-order valence-electron chi connectivity index (χ4n) is 1.71. The van der Waals surface area contributed by atoms with Crippen molar-refractivity contribution in [3.05, 3.63) is 28.8 Å². The molecule has 0 fully saturated rings. The molecule has 2 N–H and O–H groups in total. The van der Waals surface area contributed by atoms with E-state index in [2.05, 4.69) is 10.6 Å². The molecule has 0 heterocycles. The van der Waals surface area contributed by atoms with Crippen LogP contribution in [-0.2, 0) is 9.59 Å². The first-order chi connectivity index (χ1) is 10.3. The highest BCUT2D eigenvalue weighted by molar-refractivity contribution is 6.30. The Labute approximate surface area is 136 Å². The third-order valence-electron chi connectivity index (χ3n) is 3.06. The molecular weight excluding hydrogens is 304 g/mol. The van der Waals surface area contributed by atoms with Gasteiger partial charge < -0.3 is 15.4 Å². The fraction of sp³-hybridized carbons (Fsp3) is 0.500. The number of ether oxygens (including phenoxy) is 1. The van der Waals surface area contributed by atoms with Gasteiger partial charge in [-0.15, -0.1) is 0 Å². The summed E-state index contributed by atoms with van der Waals surface area (Å²) in [4.78, 5) is 23.3. The van der Waals surface area contributed by atoms with E-state index >= 15 is 0 Å². The molecule has 0 saturated heterocycles. The van der Waals surface area contributed by atoms with Crippen molar-refractivity contribution in [1.29, 1.82) is 0 Å². The van der Waals surface area contributed by atoms with Crippen molar-refractivity contribution in [2.75, 3.05) is 13.1 Å². The van der Waals surface area contributed by atoms with Crippen molar-refractivity contribution in [1.82, 2.24) is 10.6 Å². The second-order valence-corrected chi connectivity index (χ2v) is 5.84. The third kappa shape index (κ3) is 5.93. The predicted octanol–water partition coefficient (Wildman–Crippen LogP) is 2.30. The quantitative estimate of drug-likeness (QED) is 0.756. The molecule has 0 bridgehead atoms. The highest BCUT2D eigenvalue weighted by Gasteiger charge is 2.15. The minimum absolute atomic E-state index is 0.0321. The van der Waals surface area contributed by atoms with E-state index in [1.54, 1.807) is 25.1 Å². The lowest BCUT2D eigenvalue weighted by Crippen LogP contribution is -2.41. The summed E-state index contributed by atoms with van der Waals surface area (Å²) in [5.74, 6) is 0.300. The van der Waals surface area contributed by atoms with Crippen LogP contribution in [0.15, 0.2) is 18.2 Å². The summed E-state index contributed by atoms with van der Waals surface area (Å²) in [5, 5.41) is 6.08. The Hall–Kier alpha value is -1.75. The minimum Gasteiger partial charge on any atom is -0.481 e. The molecule has 0 saturated carbocycles. The standard InChI is InChI=1S/C16H23ClN2O3/c1-10(2)15(20)18-7-8-19-16(21)12(4)22-14-6-5-13(17)9-11(14)3/h5-6,9-10,12H,7-8H2,1-4H3,(H,18,20)(H,19,21). The van der Waals surface area contributed by atoms with E-state index in [4.69, 9.17) is 16.3 Å². The molecule has 1 unspecified atom stereocenters. The highest BCUT2D eigenvalue weighted by atomic mass is 35.5. The highest BCUT2D eigenvalue weighted by Crippen LogP contribution is 2.22. The number of aryl methyl sites for hydroxylation is 1. The molecule has 2 amide bonds. The van der Waals surface area contributed by atoms with Crippen LogP contribution in [0.5, 0.6) is 5.75 Å². The van der Waals surface area contributed by atoms with E-state index in [0.29, 0.717) is 23.9 Å². The number of carbonyl (C=O) groups excluding carboxylic acids is 2. The Balaban J connectivity index is 2.37. The van der Waals surface area contributed by atoms with Crippen molar-refractivity contribution >= 4 is 23.4 Å². The number of halogens is 1. The molecule has 1 atom stereocenters. The molecule has 0 aliphatic carbocycles. The molecule has 6 heteroatoms. The molecule has 0 aromatic heterocycles. The summed E-state index contributed by atoms with van der Waals surface area (Å²) >= 11 is 5.88. The average Bonchev–Trinajstić information content (AvgIpc) is 2.45. The van der Waals surface area contributed by atoms with Gasteiger partial charge in [0, 0.05) is 24.0 Å². The van der Waals surface area contributed by atoms with Crippen LogP contribution in [0.3, 0.4) is 0 Å². The van der Waals surface area contributed by atoms with Gasteiger partial charge in [-0.2, -0.15) is 0 Å². The second-order valence-electron chi connectivity index (χ2n) is 5.41. The lowest BCUT2D eigenvalue weighted by Gasteiger charge is -2.16. The molecule has 22 heavy (non-hydrogen) atoms. The van der Waals surface area contributed by atoms with Crippen LogP contribution >= 0.6 is 11.6 Å². The zero-order valence-corrected chi connectivity index (χ0v) is 14.2. The molecule has 1 aromatic rings. The van der Waals surface area contributed by atoms with Gasteiger partial charge in [-0.1, -0.05) is 25.4 Å². The van der Waals surface area contributed by atoms with Gasteiger partial charge in [0.25, 0.3) is 5.91 Å². The zero-order chi connectivity index (χ0) is 16.7. The summed E-state index contributed by atoms with van der Waals surface area (Å²) < 4.78 is 5.62. The smallest absolute Gasteiger partial charge is 0.260 e. The normalized spacial score (nSPS) is 11.9. The van der Waals surface area contributed by atoms with Gasteiger partial charge in [-0.25, -0.2) is 0 Å². The lowest BCUT2D eigenvalue weighted by molar-refractivity contribution is -0.128. The summed E-state index contributed by atoms with van der Waals surface area (Å²) in [7, 11) is 0. The van der Waals surface area contributed by atoms with Crippen molar-refractivity contribution in [2.24, 2.45) is 5.92 Å². The summed E-state index contributed by atoms with van der Waals surface area (Å²) in [6.45, 7) is 7.94. The number of benzene rings is 1. The summed E-state index contributed by atoms with van der Waals surface area (Å²) in [6, 6.07) is 5.24. The van der Waals surface area contributed by atoms with Gasteiger partial charge in [-0.3, -0.25) is 9.59 Å². The van der Waals surface area contributed by atoms with Crippen molar-refractivity contribution in [2.45, 2.75) is 33.8 Å². The van der Waals surface area contributed by atoms with E-state index in [9.17, 15) is 9.59 Å². The molecule has 0 spiro atoms. The molecule has 5 nitrogen and oxygen atoms in total. The number of amides is 2. The SMILES string of the molecule is Cc1cc(Cl)ccc1OC(C)C(=O)NCCNC(=O)C(C)C. The van der Waals surface area contributed by atoms with Gasteiger partial charge in [0.2, 0.25) is 5.91 Å². The van der Waals surface area contributed by atoms with E-state index in [1.807, 2.05) is 20.8 Å². The number of hydrogen-bond donors (Lipinski definition) is 2. The van der Waals surface area contributed by atoms with Crippen LogP contribution in [0.4, 0.5) is 0 Å². The average molecular weight is 327 g/mol. The van der Waals surface area contributed by atoms with E-state index in [0.717, 1.165) is 5.56 Å². The molecule has 0 aliphatic rings. The topological polar surface area (TPSA) is 67.4 Å². The minimum atomic E-state index is -0.624. The van der Waals surface area contributed by atoms with Crippen LogP contribution in [-0.4, -0.2) is 31.0 Å². The Morgan fingerprint density at radius 1 is 1.14 bits per heavy atom. The Kier molecular flexibility index (Phi) is 7.18. The number of carbonyl (C=O) groups is 2. The van der Waals surface area contributed by atoms with Crippen LogP contribution in [0, 0.1) is 12.8 Å². The number of nitrogens with one attached hydrogen (secondary N) is 2. The Bertz CT molecular complexity index is 532. The maximum atomic E-state index is 11.9. The lowest BCUT2D eigenvalue weighted by atomic mass is 10.2. The Morgan fingerprint density at radius 3 is 2.27 bits per heavy atom. The zero-order valence-electron chi connectivity index (χ0n) is 13.4. The predicted molar refractivity (Wildman–Crippen MR) is 87.1 cm³/mol. The maximum Gasteiger partial charge on any atom is 0.260 e. The maximum absolute atomic E-state index is 11.9. The monoisotopic (exact) mass is 326 g/mol. The number of rotatable bonds is 7. The third-order valence-corrected chi connectivity index (χ3v) is 3.29. The van der Waals surface area contributed by atoms with Gasteiger partial charge in [0.15, 0.2) is 6.10 Å². The van der Waals surface area contributed by atoms with Crippen molar-refractivity contribution < 1.29 is 14.3 Å².